The Morgan fingerprint density at radius 3 is 2.31 bits per heavy atom. The zero-order valence-corrected chi connectivity index (χ0v) is 16.3. The molecular formula is C22H15F4N3O3. The Morgan fingerprint density at radius 2 is 1.66 bits per heavy atom. The lowest BCUT2D eigenvalue weighted by Gasteiger charge is -2.18. The maximum Gasteiger partial charge on any atom is 0.573 e. The van der Waals surface area contributed by atoms with Gasteiger partial charge in [-0.2, -0.15) is 0 Å². The number of halogens is 4. The molecule has 1 saturated heterocycles. The van der Waals surface area contributed by atoms with Crippen LogP contribution in [0.4, 0.5) is 28.0 Å². The molecule has 164 valence electrons. The van der Waals surface area contributed by atoms with Crippen LogP contribution < -0.4 is 9.64 Å². The van der Waals surface area contributed by atoms with Gasteiger partial charge in [-0.15, -0.1) is 13.2 Å². The van der Waals surface area contributed by atoms with Crippen LogP contribution in [0.15, 0.2) is 66.9 Å². The molecule has 4 rings (SSSR count). The lowest BCUT2D eigenvalue weighted by Crippen LogP contribution is -2.32. The number of anilines is 1. The average Bonchev–Trinajstić information content (AvgIpc) is 3.01. The summed E-state index contributed by atoms with van der Waals surface area (Å²) >= 11 is 0. The first-order valence-corrected chi connectivity index (χ1v) is 9.38. The van der Waals surface area contributed by atoms with Gasteiger partial charge in [-0.3, -0.25) is 9.78 Å². The molecule has 1 aliphatic heterocycles. The molecule has 0 saturated carbocycles. The number of hydrogen-bond acceptors (Lipinski definition) is 4. The number of amides is 3. The van der Waals surface area contributed by atoms with Crippen molar-refractivity contribution in [3.8, 4) is 17.0 Å². The summed E-state index contributed by atoms with van der Waals surface area (Å²) in [5.74, 6) is -1.33. The van der Waals surface area contributed by atoms with Crippen molar-refractivity contribution < 1.29 is 31.9 Å². The van der Waals surface area contributed by atoms with Crippen molar-refractivity contribution in [1.29, 1.82) is 0 Å². The molecule has 32 heavy (non-hydrogen) atoms. The van der Waals surface area contributed by atoms with E-state index in [-0.39, 0.29) is 24.6 Å². The van der Waals surface area contributed by atoms with E-state index in [0.717, 1.165) is 17.0 Å². The molecule has 0 atom stereocenters. The van der Waals surface area contributed by atoms with Crippen molar-refractivity contribution >= 4 is 17.6 Å². The van der Waals surface area contributed by atoms with Crippen molar-refractivity contribution in [2.45, 2.75) is 12.9 Å². The maximum absolute atomic E-state index is 13.1. The zero-order valence-electron chi connectivity index (χ0n) is 16.3. The molecule has 1 aliphatic rings. The highest BCUT2D eigenvalue weighted by atomic mass is 19.4. The molecule has 0 N–H and O–H groups in total. The van der Waals surface area contributed by atoms with Gasteiger partial charge in [0.25, 0.3) is 5.91 Å². The largest absolute Gasteiger partial charge is 0.573 e. The number of ether oxygens (including phenoxy) is 1. The number of imide groups is 1. The van der Waals surface area contributed by atoms with Crippen LogP contribution in [-0.2, 0) is 11.3 Å². The Morgan fingerprint density at radius 1 is 0.969 bits per heavy atom. The third-order valence-electron chi connectivity index (χ3n) is 4.70. The van der Waals surface area contributed by atoms with Crippen LogP contribution in [0.2, 0.25) is 0 Å². The van der Waals surface area contributed by atoms with E-state index in [9.17, 15) is 27.2 Å². The molecule has 0 radical (unpaired) electrons. The molecule has 0 bridgehead atoms. The average molecular weight is 445 g/mol. The standard InChI is InChI=1S/C22H15F4N3O3/c23-16-3-1-15(2-4-16)19-11-14(9-10-27-19)12-28-13-20(30)29(21(28)31)17-5-7-18(8-6-17)32-22(24,25)26/h1-11H,12-13H2. The fourth-order valence-electron chi connectivity index (χ4n) is 3.30. The summed E-state index contributed by atoms with van der Waals surface area (Å²) < 4.78 is 53.9. The first-order valence-electron chi connectivity index (χ1n) is 9.38. The SMILES string of the molecule is O=C1CN(Cc2ccnc(-c3ccc(F)cc3)c2)C(=O)N1c1ccc(OC(F)(F)F)cc1. The van der Waals surface area contributed by atoms with E-state index in [4.69, 9.17) is 0 Å². The van der Waals surface area contributed by atoms with Gasteiger partial charge in [0.15, 0.2) is 0 Å². The normalized spacial score (nSPS) is 14.2. The first-order chi connectivity index (χ1) is 15.2. The van der Waals surface area contributed by atoms with Crippen LogP contribution in [-0.4, -0.2) is 34.7 Å². The third kappa shape index (κ3) is 4.69. The van der Waals surface area contributed by atoms with Gasteiger partial charge in [0.05, 0.1) is 11.4 Å². The molecule has 0 unspecified atom stereocenters. The number of pyridine rings is 1. The molecule has 0 spiro atoms. The third-order valence-corrected chi connectivity index (χ3v) is 4.70. The highest BCUT2D eigenvalue weighted by molar-refractivity contribution is 6.19. The summed E-state index contributed by atoms with van der Waals surface area (Å²) in [5, 5.41) is 0. The summed E-state index contributed by atoms with van der Waals surface area (Å²) in [6.07, 6.45) is -3.29. The molecule has 10 heteroatoms. The van der Waals surface area contributed by atoms with Crippen LogP contribution in [0.5, 0.6) is 5.75 Å². The zero-order chi connectivity index (χ0) is 22.9. The Labute approximate surface area is 179 Å². The number of rotatable bonds is 5. The summed E-state index contributed by atoms with van der Waals surface area (Å²) in [6, 6.07) is 13.1. The van der Waals surface area contributed by atoms with Crippen molar-refractivity contribution in [2.75, 3.05) is 11.4 Å². The molecule has 1 aromatic heterocycles. The molecule has 2 heterocycles. The second kappa shape index (κ2) is 8.29. The topological polar surface area (TPSA) is 62.7 Å². The van der Waals surface area contributed by atoms with Crippen LogP contribution in [0.25, 0.3) is 11.3 Å². The minimum absolute atomic E-state index is 0.118. The lowest BCUT2D eigenvalue weighted by molar-refractivity contribution is -0.274. The van der Waals surface area contributed by atoms with Crippen LogP contribution >= 0.6 is 0 Å². The van der Waals surface area contributed by atoms with Crippen molar-refractivity contribution in [3.63, 3.8) is 0 Å². The van der Waals surface area contributed by atoms with Gasteiger partial charge < -0.3 is 9.64 Å². The minimum atomic E-state index is -4.84. The number of carbonyl (C=O) groups excluding carboxylic acids is 2. The van der Waals surface area contributed by atoms with Gasteiger partial charge in [-0.1, -0.05) is 0 Å². The molecule has 3 amide bonds. The van der Waals surface area contributed by atoms with Gasteiger partial charge in [0.1, 0.15) is 18.1 Å². The molecular weight excluding hydrogens is 430 g/mol. The predicted octanol–water partition coefficient (Wildman–Crippen LogP) is 4.76. The van der Waals surface area contributed by atoms with Crippen molar-refractivity contribution in [3.05, 3.63) is 78.2 Å². The van der Waals surface area contributed by atoms with E-state index in [1.165, 1.54) is 29.2 Å². The molecule has 6 nitrogen and oxygen atoms in total. The smallest absolute Gasteiger partial charge is 0.406 e. The highest BCUT2D eigenvalue weighted by Gasteiger charge is 2.37. The maximum atomic E-state index is 13.1. The Hall–Kier alpha value is -3.95. The number of alkyl halides is 3. The number of aromatic nitrogens is 1. The monoisotopic (exact) mass is 445 g/mol. The van der Waals surface area contributed by atoms with Crippen LogP contribution in [0, 0.1) is 5.82 Å². The number of urea groups is 1. The minimum Gasteiger partial charge on any atom is -0.406 e. The number of benzene rings is 2. The van der Waals surface area contributed by atoms with Gasteiger partial charge in [-0.25, -0.2) is 14.1 Å². The fourth-order valence-corrected chi connectivity index (χ4v) is 3.30. The van der Waals surface area contributed by atoms with Gasteiger partial charge in [0, 0.05) is 18.3 Å². The van der Waals surface area contributed by atoms with Gasteiger partial charge in [0.2, 0.25) is 0 Å². The highest BCUT2D eigenvalue weighted by Crippen LogP contribution is 2.28. The Bertz CT molecular complexity index is 1150. The van der Waals surface area contributed by atoms with Gasteiger partial charge in [-0.05, 0) is 66.2 Å². The number of carbonyl (C=O) groups is 2. The summed E-state index contributed by atoms with van der Waals surface area (Å²) in [4.78, 5) is 31.7. The quantitative estimate of drug-likeness (QED) is 0.420. The summed E-state index contributed by atoms with van der Waals surface area (Å²) in [5.41, 5.74) is 2.12. The predicted molar refractivity (Wildman–Crippen MR) is 106 cm³/mol. The molecule has 3 aromatic rings. The van der Waals surface area contributed by atoms with Crippen LogP contribution in [0.3, 0.4) is 0 Å². The lowest BCUT2D eigenvalue weighted by atomic mass is 10.1. The van der Waals surface area contributed by atoms with Crippen molar-refractivity contribution in [2.24, 2.45) is 0 Å². The van der Waals surface area contributed by atoms with E-state index in [2.05, 4.69) is 9.72 Å². The molecule has 0 aliphatic carbocycles. The van der Waals surface area contributed by atoms with Crippen molar-refractivity contribution in [1.82, 2.24) is 9.88 Å². The first kappa shape index (κ1) is 21.3. The van der Waals surface area contributed by atoms with E-state index in [1.54, 1.807) is 30.5 Å². The Kier molecular flexibility index (Phi) is 5.52. The molecule has 2 aromatic carbocycles. The van der Waals surface area contributed by atoms with E-state index in [1.807, 2.05) is 0 Å². The summed E-state index contributed by atoms with van der Waals surface area (Å²) in [6.45, 7) is -0.0686. The van der Waals surface area contributed by atoms with Crippen LogP contribution in [0.1, 0.15) is 5.56 Å². The second-order valence-electron chi connectivity index (χ2n) is 6.97. The van der Waals surface area contributed by atoms with E-state index < -0.39 is 24.1 Å². The number of nitrogens with zero attached hydrogens (tertiary/aromatic N) is 3. The Balaban J connectivity index is 1.49. The number of hydrogen-bond donors (Lipinski definition) is 0. The molecule has 1 fully saturated rings. The second-order valence-corrected chi connectivity index (χ2v) is 6.97. The fraction of sp³-hybridized carbons (Fsp3) is 0.136. The summed E-state index contributed by atoms with van der Waals surface area (Å²) in [7, 11) is 0. The van der Waals surface area contributed by atoms with Gasteiger partial charge >= 0.3 is 12.4 Å². The van der Waals surface area contributed by atoms with E-state index in [0.29, 0.717) is 16.8 Å². The van der Waals surface area contributed by atoms with E-state index >= 15 is 0 Å².